The van der Waals surface area contributed by atoms with Crippen LogP contribution in [0.3, 0.4) is 0 Å². The largest absolute Gasteiger partial charge is 0.358 e. The van der Waals surface area contributed by atoms with E-state index in [9.17, 15) is 0 Å². The SMILES string of the molecule is CNC1CCc2[nH]c3ccc(Br)cc3c21. The highest BCUT2D eigenvalue weighted by molar-refractivity contribution is 9.10. The van der Waals surface area contributed by atoms with Crippen LogP contribution >= 0.6 is 15.9 Å². The van der Waals surface area contributed by atoms with E-state index in [-0.39, 0.29) is 0 Å². The zero-order valence-electron chi connectivity index (χ0n) is 8.60. The van der Waals surface area contributed by atoms with Crippen LogP contribution < -0.4 is 5.32 Å². The summed E-state index contributed by atoms with van der Waals surface area (Å²) in [4.78, 5) is 3.51. The van der Waals surface area contributed by atoms with Gasteiger partial charge in [0.1, 0.15) is 0 Å². The van der Waals surface area contributed by atoms with E-state index >= 15 is 0 Å². The summed E-state index contributed by atoms with van der Waals surface area (Å²) in [6.45, 7) is 0. The second kappa shape index (κ2) is 3.35. The number of aromatic nitrogens is 1. The smallest absolute Gasteiger partial charge is 0.0460 e. The van der Waals surface area contributed by atoms with Crippen LogP contribution in [-0.2, 0) is 6.42 Å². The molecule has 0 bridgehead atoms. The summed E-state index contributed by atoms with van der Waals surface area (Å²) >= 11 is 3.53. The van der Waals surface area contributed by atoms with Gasteiger partial charge in [0, 0.05) is 27.1 Å². The van der Waals surface area contributed by atoms with Gasteiger partial charge in [0.2, 0.25) is 0 Å². The highest BCUT2D eigenvalue weighted by atomic mass is 79.9. The first-order chi connectivity index (χ1) is 7.29. The molecule has 0 aliphatic heterocycles. The number of fused-ring (bicyclic) bond motifs is 3. The van der Waals surface area contributed by atoms with Crippen LogP contribution in [0.1, 0.15) is 23.7 Å². The van der Waals surface area contributed by atoms with E-state index in [1.807, 2.05) is 7.05 Å². The number of H-pyrrole nitrogens is 1. The minimum absolute atomic E-state index is 0.517. The van der Waals surface area contributed by atoms with Crippen LogP contribution in [-0.4, -0.2) is 12.0 Å². The second-order valence-electron chi connectivity index (χ2n) is 4.09. The van der Waals surface area contributed by atoms with E-state index < -0.39 is 0 Å². The maximum absolute atomic E-state index is 3.53. The van der Waals surface area contributed by atoms with Crippen molar-refractivity contribution in [1.82, 2.24) is 10.3 Å². The van der Waals surface area contributed by atoms with Crippen LogP contribution in [0.25, 0.3) is 10.9 Å². The normalized spacial score (nSPS) is 19.7. The minimum atomic E-state index is 0.517. The van der Waals surface area contributed by atoms with Crippen LogP contribution in [0.15, 0.2) is 22.7 Å². The lowest BCUT2D eigenvalue weighted by Crippen LogP contribution is -2.12. The van der Waals surface area contributed by atoms with E-state index in [4.69, 9.17) is 0 Å². The van der Waals surface area contributed by atoms with Crippen LogP contribution in [0.5, 0.6) is 0 Å². The minimum Gasteiger partial charge on any atom is -0.358 e. The highest BCUT2D eigenvalue weighted by Crippen LogP contribution is 2.37. The standard InChI is InChI=1S/C12H13BrN2/c1-14-10-4-5-11-12(10)8-6-7(13)2-3-9(8)15-11/h2-3,6,10,14-15H,4-5H2,1H3. The molecule has 3 rings (SSSR count). The highest BCUT2D eigenvalue weighted by Gasteiger charge is 2.25. The van der Waals surface area contributed by atoms with Crippen molar-refractivity contribution in [2.24, 2.45) is 0 Å². The van der Waals surface area contributed by atoms with Crippen molar-refractivity contribution < 1.29 is 0 Å². The quantitative estimate of drug-likeness (QED) is 0.814. The molecule has 1 aliphatic rings. The number of aromatic amines is 1. The zero-order chi connectivity index (χ0) is 10.4. The van der Waals surface area contributed by atoms with Crippen molar-refractivity contribution in [2.45, 2.75) is 18.9 Å². The lowest BCUT2D eigenvalue weighted by atomic mass is 10.1. The molecule has 15 heavy (non-hydrogen) atoms. The summed E-state index contributed by atoms with van der Waals surface area (Å²) in [7, 11) is 2.04. The van der Waals surface area contributed by atoms with E-state index in [1.165, 1.54) is 28.6 Å². The molecular weight excluding hydrogens is 252 g/mol. The molecule has 0 radical (unpaired) electrons. The number of hydrogen-bond donors (Lipinski definition) is 2. The Labute approximate surface area is 97.2 Å². The number of aryl methyl sites for hydroxylation is 1. The van der Waals surface area contributed by atoms with Gasteiger partial charge in [-0.05, 0) is 43.7 Å². The zero-order valence-corrected chi connectivity index (χ0v) is 10.2. The van der Waals surface area contributed by atoms with Crippen molar-refractivity contribution in [1.29, 1.82) is 0 Å². The Hall–Kier alpha value is -0.800. The van der Waals surface area contributed by atoms with Crippen molar-refractivity contribution in [3.63, 3.8) is 0 Å². The first kappa shape index (κ1) is 9.43. The number of hydrogen-bond acceptors (Lipinski definition) is 1. The fraction of sp³-hybridized carbons (Fsp3) is 0.333. The van der Waals surface area contributed by atoms with Gasteiger partial charge in [0.05, 0.1) is 0 Å². The Balaban J connectivity index is 2.29. The molecule has 1 aromatic carbocycles. The number of rotatable bonds is 1. The Bertz CT molecular complexity index is 516. The van der Waals surface area contributed by atoms with Gasteiger partial charge >= 0.3 is 0 Å². The summed E-state index contributed by atoms with van der Waals surface area (Å²) in [6.07, 6.45) is 2.37. The summed E-state index contributed by atoms with van der Waals surface area (Å²) in [5.74, 6) is 0. The van der Waals surface area contributed by atoms with Crippen molar-refractivity contribution in [3.05, 3.63) is 33.9 Å². The Morgan fingerprint density at radius 1 is 1.47 bits per heavy atom. The Kier molecular flexibility index (Phi) is 2.11. The fourth-order valence-electron chi connectivity index (χ4n) is 2.56. The van der Waals surface area contributed by atoms with E-state index in [0.717, 1.165) is 10.9 Å². The van der Waals surface area contributed by atoms with Crippen LogP contribution in [0.2, 0.25) is 0 Å². The molecule has 1 heterocycles. The van der Waals surface area contributed by atoms with Crippen molar-refractivity contribution >= 4 is 26.8 Å². The molecule has 0 fully saturated rings. The average Bonchev–Trinajstić information content (AvgIpc) is 2.76. The van der Waals surface area contributed by atoms with Gasteiger partial charge in [-0.2, -0.15) is 0 Å². The number of benzene rings is 1. The molecule has 1 aliphatic carbocycles. The fourth-order valence-corrected chi connectivity index (χ4v) is 2.92. The van der Waals surface area contributed by atoms with Crippen LogP contribution in [0, 0.1) is 0 Å². The topological polar surface area (TPSA) is 27.8 Å². The van der Waals surface area contributed by atoms with Gasteiger partial charge in [0.25, 0.3) is 0 Å². The Morgan fingerprint density at radius 3 is 3.13 bits per heavy atom. The molecule has 2 nitrogen and oxygen atoms in total. The summed E-state index contributed by atoms with van der Waals surface area (Å²) in [6, 6.07) is 6.95. The maximum Gasteiger partial charge on any atom is 0.0460 e. The predicted molar refractivity (Wildman–Crippen MR) is 66.1 cm³/mol. The van der Waals surface area contributed by atoms with Crippen molar-refractivity contribution in [3.8, 4) is 0 Å². The van der Waals surface area contributed by atoms with Gasteiger partial charge in [0.15, 0.2) is 0 Å². The Morgan fingerprint density at radius 2 is 2.33 bits per heavy atom. The molecule has 3 heteroatoms. The summed E-state index contributed by atoms with van der Waals surface area (Å²) in [5, 5.41) is 4.74. The molecule has 1 atom stereocenters. The van der Waals surface area contributed by atoms with Gasteiger partial charge in [-0.25, -0.2) is 0 Å². The monoisotopic (exact) mass is 264 g/mol. The van der Waals surface area contributed by atoms with Crippen LogP contribution in [0.4, 0.5) is 0 Å². The molecule has 0 saturated carbocycles. The third-order valence-corrected chi connectivity index (χ3v) is 3.76. The summed E-state index contributed by atoms with van der Waals surface area (Å²) in [5.41, 5.74) is 4.12. The number of halogens is 1. The van der Waals surface area contributed by atoms with E-state index in [2.05, 4.69) is 44.4 Å². The van der Waals surface area contributed by atoms with Gasteiger partial charge in [-0.15, -0.1) is 0 Å². The van der Waals surface area contributed by atoms with E-state index in [1.54, 1.807) is 0 Å². The number of nitrogens with one attached hydrogen (secondary N) is 2. The molecule has 0 spiro atoms. The molecule has 0 amide bonds. The predicted octanol–water partition coefficient (Wildman–Crippen LogP) is 3.14. The van der Waals surface area contributed by atoms with Crippen molar-refractivity contribution in [2.75, 3.05) is 7.05 Å². The molecule has 0 saturated heterocycles. The first-order valence-corrected chi connectivity index (χ1v) is 6.06. The van der Waals surface area contributed by atoms with Gasteiger partial charge in [-0.3, -0.25) is 0 Å². The molecular formula is C12H13BrN2. The summed E-state index contributed by atoms with van der Waals surface area (Å²) < 4.78 is 1.15. The molecule has 1 unspecified atom stereocenters. The molecule has 78 valence electrons. The second-order valence-corrected chi connectivity index (χ2v) is 5.00. The lowest BCUT2D eigenvalue weighted by Gasteiger charge is -2.08. The lowest BCUT2D eigenvalue weighted by molar-refractivity contribution is 0.593. The third kappa shape index (κ3) is 1.34. The average molecular weight is 265 g/mol. The maximum atomic E-state index is 3.53. The molecule has 1 aromatic heterocycles. The molecule has 2 aromatic rings. The first-order valence-electron chi connectivity index (χ1n) is 5.27. The third-order valence-electron chi connectivity index (χ3n) is 3.26. The van der Waals surface area contributed by atoms with E-state index in [0.29, 0.717) is 6.04 Å². The van der Waals surface area contributed by atoms with Gasteiger partial charge in [-0.1, -0.05) is 15.9 Å². The molecule has 2 N–H and O–H groups in total. The van der Waals surface area contributed by atoms with Gasteiger partial charge < -0.3 is 10.3 Å².